The van der Waals surface area contributed by atoms with E-state index in [1.54, 1.807) is 18.4 Å². The van der Waals surface area contributed by atoms with E-state index in [4.69, 9.17) is 9.15 Å². The molecule has 2 heterocycles. The van der Waals surface area contributed by atoms with Crippen LogP contribution < -0.4 is 10.1 Å². The zero-order valence-electron chi connectivity index (χ0n) is 15.6. The molecular formula is C20H22N4O3S. The summed E-state index contributed by atoms with van der Waals surface area (Å²) in [5.74, 6) is 2.29. The van der Waals surface area contributed by atoms with Crippen molar-refractivity contribution in [3.05, 3.63) is 72.5 Å². The van der Waals surface area contributed by atoms with E-state index in [1.807, 2.05) is 41.8 Å². The minimum atomic E-state index is -0.105. The van der Waals surface area contributed by atoms with E-state index in [0.29, 0.717) is 29.8 Å². The molecule has 1 amide bonds. The molecule has 3 aromatic rings. The van der Waals surface area contributed by atoms with Crippen LogP contribution in [0, 0.1) is 6.92 Å². The molecule has 0 aliphatic carbocycles. The Hall–Kier alpha value is -3.00. The quantitative estimate of drug-likeness (QED) is 0.417. The van der Waals surface area contributed by atoms with Crippen LogP contribution >= 0.6 is 11.8 Å². The van der Waals surface area contributed by atoms with Crippen LogP contribution in [0.3, 0.4) is 0 Å². The molecule has 1 aromatic carbocycles. The Morgan fingerprint density at radius 1 is 1.32 bits per heavy atom. The minimum absolute atomic E-state index is 0.105. The van der Waals surface area contributed by atoms with Crippen molar-refractivity contribution in [2.24, 2.45) is 0 Å². The Balaban J connectivity index is 1.55. The van der Waals surface area contributed by atoms with Gasteiger partial charge in [-0.1, -0.05) is 35.5 Å². The van der Waals surface area contributed by atoms with E-state index in [2.05, 4.69) is 22.1 Å². The van der Waals surface area contributed by atoms with Gasteiger partial charge in [0.1, 0.15) is 18.1 Å². The molecule has 28 heavy (non-hydrogen) atoms. The third kappa shape index (κ3) is 5.50. The van der Waals surface area contributed by atoms with Gasteiger partial charge in [0.05, 0.1) is 18.6 Å². The molecule has 0 radical (unpaired) electrons. The summed E-state index contributed by atoms with van der Waals surface area (Å²) in [5.41, 5.74) is 1.17. The van der Waals surface area contributed by atoms with Gasteiger partial charge in [0, 0.05) is 6.54 Å². The number of amides is 1. The highest BCUT2D eigenvalue weighted by atomic mass is 32.2. The van der Waals surface area contributed by atoms with E-state index < -0.39 is 0 Å². The standard InChI is InChI=1S/C20H22N4O3S/c1-3-10-24-18(13-27-16-8-6-15(2)7-9-16)22-23-20(24)28-14-19(25)21-12-17-5-4-11-26-17/h3-9,11H,1,10,12-14H2,2H3,(H,21,25). The zero-order valence-corrected chi connectivity index (χ0v) is 16.4. The van der Waals surface area contributed by atoms with Gasteiger partial charge < -0.3 is 14.5 Å². The number of nitrogens with one attached hydrogen (secondary N) is 1. The smallest absolute Gasteiger partial charge is 0.230 e. The molecule has 8 heteroatoms. The molecule has 0 atom stereocenters. The summed E-state index contributed by atoms with van der Waals surface area (Å²) in [6, 6.07) is 11.4. The average molecular weight is 398 g/mol. The molecule has 146 valence electrons. The molecule has 0 saturated carbocycles. The highest BCUT2D eigenvalue weighted by molar-refractivity contribution is 7.99. The highest BCUT2D eigenvalue weighted by Gasteiger charge is 2.14. The molecule has 0 bridgehead atoms. The molecule has 0 spiro atoms. The van der Waals surface area contributed by atoms with Crippen molar-refractivity contribution in [1.29, 1.82) is 0 Å². The summed E-state index contributed by atoms with van der Waals surface area (Å²) in [6.07, 6.45) is 3.34. The van der Waals surface area contributed by atoms with Crippen LogP contribution in [-0.4, -0.2) is 26.4 Å². The van der Waals surface area contributed by atoms with E-state index in [-0.39, 0.29) is 18.3 Å². The zero-order chi connectivity index (χ0) is 19.8. The second-order valence-corrected chi connectivity index (χ2v) is 6.99. The molecule has 0 unspecified atom stereocenters. The molecular weight excluding hydrogens is 376 g/mol. The second-order valence-electron chi connectivity index (χ2n) is 6.04. The van der Waals surface area contributed by atoms with Crippen LogP contribution in [0.4, 0.5) is 0 Å². The van der Waals surface area contributed by atoms with Gasteiger partial charge in [-0.05, 0) is 31.2 Å². The Morgan fingerprint density at radius 2 is 2.14 bits per heavy atom. The van der Waals surface area contributed by atoms with Gasteiger partial charge in [0.2, 0.25) is 5.91 Å². The van der Waals surface area contributed by atoms with E-state index in [0.717, 1.165) is 5.75 Å². The van der Waals surface area contributed by atoms with Crippen molar-refractivity contribution in [3.8, 4) is 5.75 Å². The molecule has 0 aliphatic heterocycles. The maximum Gasteiger partial charge on any atom is 0.230 e. The Bertz CT molecular complexity index is 904. The van der Waals surface area contributed by atoms with E-state index in [1.165, 1.54) is 17.3 Å². The molecule has 7 nitrogen and oxygen atoms in total. The van der Waals surface area contributed by atoms with Gasteiger partial charge in [0.15, 0.2) is 11.0 Å². The molecule has 0 saturated heterocycles. The fourth-order valence-electron chi connectivity index (χ4n) is 2.41. The predicted molar refractivity (Wildman–Crippen MR) is 107 cm³/mol. The SMILES string of the molecule is C=CCn1c(COc2ccc(C)cc2)nnc1SCC(=O)NCc1ccco1. The number of hydrogen-bond donors (Lipinski definition) is 1. The number of rotatable bonds is 10. The van der Waals surface area contributed by atoms with Crippen LogP contribution in [0.2, 0.25) is 0 Å². The summed E-state index contributed by atoms with van der Waals surface area (Å²) < 4.78 is 12.9. The molecule has 2 aromatic heterocycles. The number of hydrogen-bond acceptors (Lipinski definition) is 6. The number of allylic oxidation sites excluding steroid dienone is 1. The lowest BCUT2D eigenvalue weighted by atomic mass is 10.2. The summed E-state index contributed by atoms with van der Waals surface area (Å²) in [7, 11) is 0. The molecule has 0 fully saturated rings. The average Bonchev–Trinajstić information content (AvgIpc) is 3.35. The number of nitrogens with zero attached hydrogens (tertiary/aromatic N) is 3. The lowest BCUT2D eigenvalue weighted by Crippen LogP contribution is -2.24. The largest absolute Gasteiger partial charge is 0.486 e. The van der Waals surface area contributed by atoms with E-state index in [9.17, 15) is 4.79 Å². The second kappa shape index (κ2) is 9.80. The normalized spacial score (nSPS) is 10.6. The fraction of sp³-hybridized carbons (Fsp3) is 0.250. The number of thioether (sulfide) groups is 1. The fourth-order valence-corrected chi connectivity index (χ4v) is 3.20. The van der Waals surface area contributed by atoms with Crippen LogP contribution in [0.15, 0.2) is 64.9 Å². The topological polar surface area (TPSA) is 82.2 Å². The highest BCUT2D eigenvalue weighted by Crippen LogP contribution is 2.19. The summed E-state index contributed by atoms with van der Waals surface area (Å²) in [5, 5.41) is 11.9. The number of carbonyl (C=O) groups excluding carboxylic acids is 1. The summed E-state index contributed by atoms with van der Waals surface area (Å²) in [6.45, 7) is 7.00. The van der Waals surface area contributed by atoms with Crippen molar-refractivity contribution in [3.63, 3.8) is 0 Å². The van der Waals surface area contributed by atoms with E-state index >= 15 is 0 Å². The number of aryl methyl sites for hydroxylation is 1. The van der Waals surface area contributed by atoms with Gasteiger partial charge in [0.25, 0.3) is 0 Å². The predicted octanol–water partition coefficient (Wildman–Crippen LogP) is 3.35. The Labute approximate surface area is 167 Å². The maximum absolute atomic E-state index is 12.0. The Kier molecular flexibility index (Phi) is 6.91. The van der Waals surface area contributed by atoms with Crippen molar-refractivity contribution in [2.75, 3.05) is 5.75 Å². The first kappa shape index (κ1) is 19.8. The Morgan fingerprint density at radius 3 is 2.86 bits per heavy atom. The number of ether oxygens (including phenoxy) is 1. The van der Waals surface area contributed by atoms with Crippen LogP contribution in [-0.2, 0) is 24.5 Å². The molecule has 3 rings (SSSR count). The van der Waals surface area contributed by atoms with Crippen molar-refractivity contribution in [1.82, 2.24) is 20.1 Å². The van der Waals surface area contributed by atoms with Crippen LogP contribution in [0.1, 0.15) is 17.1 Å². The molecule has 1 N–H and O–H groups in total. The van der Waals surface area contributed by atoms with Crippen molar-refractivity contribution >= 4 is 17.7 Å². The van der Waals surface area contributed by atoms with Crippen LogP contribution in [0.5, 0.6) is 5.75 Å². The lowest BCUT2D eigenvalue weighted by molar-refractivity contribution is -0.118. The number of furan rings is 1. The number of aromatic nitrogens is 3. The molecule has 0 aliphatic rings. The summed E-state index contributed by atoms with van der Waals surface area (Å²) in [4.78, 5) is 12.0. The van der Waals surface area contributed by atoms with Gasteiger partial charge in [-0.3, -0.25) is 9.36 Å². The van der Waals surface area contributed by atoms with Crippen molar-refractivity contribution < 1.29 is 13.9 Å². The van der Waals surface area contributed by atoms with Gasteiger partial charge >= 0.3 is 0 Å². The third-order valence-corrected chi connectivity index (χ3v) is 4.83. The van der Waals surface area contributed by atoms with Gasteiger partial charge in [-0.15, -0.1) is 16.8 Å². The lowest BCUT2D eigenvalue weighted by Gasteiger charge is -2.09. The minimum Gasteiger partial charge on any atom is -0.486 e. The van der Waals surface area contributed by atoms with Gasteiger partial charge in [-0.2, -0.15) is 0 Å². The number of benzene rings is 1. The number of carbonyl (C=O) groups is 1. The first-order chi connectivity index (χ1) is 13.7. The first-order valence-corrected chi connectivity index (χ1v) is 9.78. The first-order valence-electron chi connectivity index (χ1n) is 8.80. The maximum atomic E-state index is 12.0. The van der Waals surface area contributed by atoms with Gasteiger partial charge in [-0.25, -0.2) is 0 Å². The summed E-state index contributed by atoms with van der Waals surface area (Å²) >= 11 is 1.32. The van der Waals surface area contributed by atoms with Crippen LogP contribution in [0.25, 0.3) is 0 Å². The third-order valence-electron chi connectivity index (χ3n) is 3.87. The van der Waals surface area contributed by atoms with Crippen molar-refractivity contribution in [2.45, 2.75) is 31.8 Å². The monoisotopic (exact) mass is 398 g/mol.